The van der Waals surface area contributed by atoms with Gasteiger partial charge in [0, 0.05) is 25.5 Å². The average Bonchev–Trinajstić information content (AvgIpc) is 2.37. The molecule has 0 heterocycles. The number of aliphatic hydroxyl groups excluding tert-OH is 1. The first-order chi connectivity index (χ1) is 8.99. The Kier molecular flexibility index (Phi) is 5.74. The molecule has 1 rings (SSSR count). The predicted molar refractivity (Wildman–Crippen MR) is 65.8 cm³/mol. The summed E-state index contributed by atoms with van der Waals surface area (Å²) in [7, 11) is 0. The Labute approximate surface area is 109 Å². The molecule has 19 heavy (non-hydrogen) atoms. The number of rotatable bonds is 7. The quantitative estimate of drug-likeness (QED) is 0.455. The molecule has 0 unspecified atom stereocenters. The van der Waals surface area contributed by atoms with Gasteiger partial charge in [0.05, 0.1) is 17.6 Å². The van der Waals surface area contributed by atoms with Gasteiger partial charge in [-0.1, -0.05) is 0 Å². The fraction of sp³-hybridized carbons (Fsp3) is 0.417. The van der Waals surface area contributed by atoms with E-state index in [9.17, 15) is 20.0 Å². The van der Waals surface area contributed by atoms with Gasteiger partial charge in [0.25, 0.3) is 5.69 Å². The van der Waals surface area contributed by atoms with E-state index in [4.69, 9.17) is 4.74 Å². The minimum Gasteiger partial charge on any atom is -0.493 e. The van der Waals surface area contributed by atoms with Gasteiger partial charge in [-0.05, 0) is 12.1 Å². The Morgan fingerprint density at radius 2 is 2.05 bits per heavy atom. The highest BCUT2D eigenvalue weighted by atomic mass is 16.6. The number of nitro groups is 1. The zero-order valence-corrected chi connectivity index (χ0v) is 10.4. The fourth-order valence-electron chi connectivity index (χ4n) is 1.27. The minimum atomic E-state index is -0.790. The lowest BCUT2D eigenvalue weighted by Gasteiger charge is -2.11. The molecule has 0 fully saturated rings. The van der Waals surface area contributed by atoms with E-state index in [2.05, 4.69) is 4.74 Å². The number of non-ortho nitro benzene ring substituents is 1. The molecule has 0 saturated heterocycles. The second kappa shape index (κ2) is 7.32. The van der Waals surface area contributed by atoms with E-state index in [0.717, 1.165) is 0 Å². The fourth-order valence-corrected chi connectivity index (χ4v) is 1.27. The van der Waals surface area contributed by atoms with Crippen LogP contribution in [0.25, 0.3) is 0 Å². The van der Waals surface area contributed by atoms with Crippen molar-refractivity contribution in [2.45, 2.75) is 19.4 Å². The Morgan fingerprint density at radius 3 is 2.58 bits per heavy atom. The zero-order valence-electron chi connectivity index (χ0n) is 10.4. The van der Waals surface area contributed by atoms with E-state index in [0.29, 0.717) is 12.2 Å². The first-order valence-electron chi connectivity index (χ1n) is 5.67. The summed E-state index contributed by atoms with van der Waals surface area (Å²) in [6.45, 7) is 1.42. The number of ether oxygens (including phenoxy) is 2. The number of carbonyl (C=O) groups excluding carboxylic acids is 1. The molecule has 0 bridgehead atoms. The summed E-state index contributed by atoms with van der Waals surface area (Å²) < 4.78 is 9.92. The zero-order chi connectivity index (χ0) is 14.3. The highest BCUT2D eigenvalue weighted by Crippen LogP contribution is 2.17. The van der Waals surface area contributed by atoms with Crippen LogP contribution >= 0.6 is 0 Å². The lowest BCUT2D eigenvalue weighted by atomic mass is 10.3. The largest absolute Gasteiger partial charge is 0.493 e. The molecular formula is C12H15NO6. The van der Waals surface area contributed by atoms with Gasteiger partial charge in [0.2, 0.25) is 0 Å². The van der Waals surface area contributed by atoms with Crippen LogP contribution in [0, 0.1) is 10.1 Å². The molecule has 0 aliphatic rings. The van der Waals surface area contributed by atoms with Gasteiger partial charge in [0.1, 0.15) is 12.4 Å². The molecule has 0 aliphatic heterocycles. The van der Waals surface area contributed by atoms with Crippen LogP contribution in [-0.2, 0) is 9.53 Å². The van der Waals surface area contributed by atoms with Crippen LogP contribution in [-0.4, -0.2) is 35.3 Å². The van der Waals surface area contributed by atoms with Gasteiger partial charge < -0.3 is 14.6 Å². The van der Waals surface area contributed by atoms with Crippen molar-refractivity contribution in [3.63, 3.8) is 0 Å². The summed E-state index contributed by atoms with van der Waals surface area (Å²) in [5.74, 6) is 0.0284. The van der Waals surface area contributed by atoms with Crippen molar-refractivity contribution in [3.8, 4) is 5.75 Å². The predicted octanol–water partition coefficient (Wildman–Crippen LogP) is 1.29. The molecule has 104 valence electrons. The van der Waals surface area contributed by atoms with Crippen LogP contribution in [0.4, 0.5) is 5.69 Å². The second-order valence-electron chi connectivity index (χ2n) is 3.84. The van der Waals surface area contributed by atoms with Crippen LogP contribution in [0.2, 0.25) is 0 Å². The number of esters is 1. The smallest absolute Gasteiger partial charge is 0.302 e. The summed E-state index contributed by atoms with van der Waals surface area (Å²) in [6.07, 6.45) is -0.494. The standard InChI is InChI=1S/C12H15NO6/c1-9(14)19-8-11(15)6-7-18-12-4-2-10(3-5-12)13(16)17/h2-5,11,15H,6-8H2,1H3/t11-/m1/s1. The van der Waals surface area contributed by atoms with Crippen molar-refractivity contribution < 1.29 is 24.3 Å². The molecule has 7 heteroatoms. The molecular weight excluding hydrogens is 254 g/mol. The lowest BCUT2D eigenvalue weighted by molar-refractivity contribution is -0.384. The number of aliphatic hydroxyl groups is 1. The summed E-state index contributed by atoms with van der Waals surface area (Å²) in [6, 6.07) is 5.64. The summed E-state index contributed by atoms with van der Waals surface area (Å²) >= 11 is 0. The van der Waals surface area contributed by atoms with Crippen molar-refractivity contribution in [2.75, 3.05) is 13.2 Å². The van der Waals surface area contributed by atoms with Crippen LogP contribution in [0.1, 0.15) is 13.3 Å². The third-order valence-electron chi connectivity index (χ3n) is 2.25. The van der Waals surface area contributed by atoms with Crippen molar-refractivity contribution in [2.24, 2.45) is 0 Å². The van der Waals surface area contributed by atoms with Gasteiger partial charge in [-0.15, -0.1) is 0 Å². The highest BCUT2D eigenvalue weighted by Gasteiger charge is 2.08. The van der Waals surface area contributed by atoms with E-state index in [1.54, 1.807) is 0 Å². The maximum Gasteiger partial charge on any atom is 0.302 e. The van der Waals surface area contributed by atoms with Gasteiger partial charge in [-0.3, -0.25) is 14.9 Å². The molecule has 1 aromatic rings. The number of benzene rings is 1. The number of nitro benzene ring substituents is 1. The van der Waals surface area contributed by atoms with Crippen LogP contribution in [0.5, 0.6) is 5.75 Å². The van der Waals surface area contributed by atoms with Crippen molar-refractivity contribution in [3.05, 3.63) is 34.4 Å². The number of hydrogen-bond donors (Lipinski definition) is 1. The third kappa shape index (κ3) is 5.82. The molecule has 1 N–H and O–H groups in total. The van der Waals surface area contributed by atoms with E-state index in [-0.39, 0.29) is 18.9 Å². The summed E-state index contributed by atoms with van der Waals surface area (Å²) in [5.41, 5.74) is -0.0118. The first kappa shape index (κ1) is 14.9. The van der Waals surface area contributed by atoms with Crippen molar-refractivity contribution in [1.29, 1.82) is 0 Å². The summed E-state index contributed by atoms with van der Waals surface area (Å²) in [4.78, 5) is 20.5. The van der Waals surface area contributed by atoms with Gasteiger partial charge >= 0.3 is 5.97 Å². The topological polar surface area (TPSA) is 98.9 Å². The molecule has 0 radical (unpaired) electrons. The molecule has 0 aliphatic carbocycles. The molecule has 1 atom stereocenters. The number of carbonyl (C=O) groups is 1. The lowest BCUT2D eigenvalue weighted by Crippen LogP contribution is -2.19. The van der Waals surface area contributed by atoms with Crippen LogP contribution in [0.3, 0.4) is 0 Å². The van der Waals surface area contributed by atoms with E-state index in [1.807, 2.05) is 0 Å². The third-order valence-corrected chi connectivity index (χ3v) is 2.25. The molecule has 0 spiro atoms. The van der Waals surface area contributed by atoms with Gasteiger partial charge in [-0.2, -0.15) is 0 Å². The summed E-state index contributed by atoms with van der Waals surface area (Å²) in [5, 5.41) is 19.9. The normalized spacial score (nSPS) is 11.7. The molecule has 0 aromatic heterocycles. The van der Waals surface area contributed by atoms with Crippen molar-refractivity contribution >= 4 is 11.7 Å². The Balaban J connectivity index is 2.29. The first-order valence-corrected chi connectivity index (χ1v) is 5.67. The SMILES string of the molecule is CC(=O)OC[C@H](O)CCOc1ccc([N+](=O)[O-])cc1. The molecule has 7 nitrogen and oxygen atoms in total. The van der Waals surface area contributed by atoms with Crippen molar-refractivity contribution in [1.82, 2.24) is 0 Å². The second-order valence-corrected chi connectivity index (χ2v) is 3.84. The Morgan fingerprint density at radius 1 is 1.42 bits per heavy atom. The Bertz CT molecular complexity index is 430. The minimum absolute atomic E-state index is 0.0118. The van der Waals surface area contributed by atoms with E-state index in [1.165, 1.54) is 31.2 Å². The van der Waals surface area contributed by atoms with E-state index < -0.39 is 17.0 Å². The highest BCUT2D eigenvalue weighted by molar-refractivity contribution is 5.65. The maximum absolute atomic E-state index is 10.5. The molecule has 0 amide bonds. The van der Waals surface area contributed by atoms with Crippen LogP contribution in [0.15, 0.2) is 24.3 Å². The molecule has 1 aromatic carbocycles. The number of hydrogen-bond acceptors (Lipinski definition) is 6. The number of nitrogens with zero attached hydrogens (tertiary/aromatic N) is 1. The monoisotopic (exact) mass is 269 g/mol. The Hall–Kier alpha value is -2.15. The average molecular weight is 269 g/mol. The van der Waals surface area contributed by atoms with Gasteiger partial charge in [0.15, 0.2) is 0 Å². The molecule has 0 saturated carbocycles. The maximum atomic E-state index is 10.5. The van der Waals surface area contributed by atoms with Gasteiger partial charge in [-0.25, -0.2) is 0 Å². The van der Waals surface area contributed by atoms with Crippen LogP contribution < -0.4 is 4.74 Å². The van der Waals surface area contributed by atoms with E-state index >= 15 is 0 Å².